The van der Waals surface area contributed by atoms with Crippen LogP contribution in [0.2, 0.25) is 0 Å². The lowest BCUT2D eigenvalue weighted by molar-refractivity contribution is -0.171. The molecule has 4 aliphatic rings. The second-order valence-electron chi connectivity index (χ2n) is 9.81. The molecule has 5 nitrogen and oxygen atoms in total. The van der Waals surface area contributed by atoms with Gasteiger partial charge < -0.3 is 9.47 Å². The Hall–Kier alpha value is -1.65. The summed E-state index contributed by atoms with van der Waals surface area (Å²) in [5, 5.41) is 0. The number of carbonyl (C=O) groups excluding carboxylic acids is 3. The summed E-state index contributed by atoms with van der Waals surface area (Å²) in [6, 6.07) is 0. The first-order valence-electron chi connectivity index (χ1n) is 10.7. The zero-order chi connectivity index (χ0) is 20.3. The molecule has 0 unspecified atom stereocenters. The summed E-state index contributed by atoms with van der Waals surface area (Å²) in [5.41, 5.74) is 0.859. The predicted octanol–water partition coefficient (Wildman–Crippen LogP) is 3.99. The normalized spacial score (nSPS) is 44.6. The van der Waals surface area contributed by atoms with Gasteiger partial charge in [-0.15, -0.1) is 0 Å². The number of fused-ring (bicyclic) bond motifs is 5. The molecule has 3 fully saturated rings. The van der Waals surface area contributed by atoms with Crippen molar-refractivity contribution in [3.63, 3.8) is 0 Å². The Morgan fingerprint density at radius 2 is 1.79 bits per heavy atom. The lowest BCUT2D eigenvalue weighted by atomic mass is 9.47. The fourth-order valence-corrected chi connectivity index (χ4v) is 7.12. The van der Waals surface area contributed by atoms with Gasteiger partial charge in [0.2, 0.25) is 0 Å². The standard InChI is InChI=1S/C23H32O5/c1-13(24)27-16-11-15-5-6-17-18-7-8-20(26)22(18,3)10-9-19(17)23(15,4)21(12-16)28-14(2)25/h5,16-19,21H,6-12H2,1-4H3/t16-,17+,18+,19+,21+,22+,23+/m1/s1. The van der Waals surface area contributed by atoms with Gasteiger partial charge in [-0.2, -0.15) is 0 Å². The Morgan fingerprint density at radius 3 is 2.46 bits per heavy atom. The van der Waals surface area contributed by atoms with E-state index in [1.54, 1.807) is 0 Å². The number of hydrogen-bond donors (Lipinski definition) is 0. The van der Waals surface area contributed by atoms with Gasteiger partial charge in [0.1, 0.15) is 18.0 Å². The number of carbonyl (C=O) groups is 3. The van der Waals surface area contributed by atoms with Gasteiger partial charge in [0, 0.05) is 43.9 Å². The van der Waals surface area contributed by atoms with Gasteiger partial charge in [0.05, 0.1) is 0 Å². The lowest BCUT2D eigenvalue weighted by Crippen LogP contribution is -2.56. The summed E-state index contributed by atoms with van der Waals surface area (Å²) < 4.78 is 11.4. The number of allylic oxidation sites excluding steroid dienone is 1. The maximum Gasteiger partial charge on any atom is 0.302 e. The van der Waals surface area contributed by atoms with E-state index < -0.39 is 0 Å². The largest absolute Gasteiger partial charge is 0.462 e. The molecule has 0 aromatic heterocycles. The van der Waals surface area contributed by atoms with E-state index in [0.717, 1.165) is 32.1 Å². The van der Waals surface area contributed by atoms with Crippen LogP contribution in [0.4, 0.5) is 0 Å². The van der Waals surface area contributed by atoms with Crippen LogP contribution in [0, 0.1) is 28.6 Å². The maximum absolute atomic E-state index is 12.6. The third kappa shape index (κ3) is 2.84. The summed E-state index contributed by atoms with van der Waals surface area (Å²) >= 11 is 0. The van der Waals surface area contributed by atoms with Gasteiger partial charge in [-0.05, 0) is 43.4 Å². The van der Waals surface area contributed by atoms with Gasteiger partial charge >= 0.3 is 11.9 Å². The average molecular weight is 389 g/mol. The van der Waals surface area contributed by atoms with Gasteiger partial charge in [0.15, 0.2) is 0 Å². The molecule has 0 radical (unpaired) electrons. The van der Waals surface area contributed by atoms with E-state index in [4.69, 9.17) is 9.47 Å². The van der Waals surface area contributed by atoms with Crippen LogP contribution in [-0.2, 0) is 23.9 Å². The van der Waals surface area contributed by atoms with Crippen LogP contribution in [0.15, 0.2) is 11.6 Å². The number of rotatable bonds is 2. The Kier molecular flexibility index (Phi) is 4.71. The zero-order valence-corrected chi connectivity index (χ0v) is 17.5. The average Bonchev–Trinajstić information content (AvgIpc) is 2.90. The van der Waals surface area contributed by atoms with Gasteiger partial charge in [-0.25, -0.2) is 0 Å². The number of Topliss-reactive ketones (excluding diaryl/α,β-unsaturated/α-hetero) is 1. The van der Waals surface area contributed by atoms with E-state index in [-0.39, 0.29) is 35.0 Å². The Balaban J connectivity index is 1.69. The van der Waals surface area contributed by atoms with Crippen molar-refractivity contribution in [2.24, 2.45) is 28.6 Å². The molecule has 4 rings (SSSR count). The molecule has 0 N–H and O–H groups in total. The second kappa shape index (κ2) is 6.70. The smallest absolute Gasteiger partial charge is 0.302 e. The molecule has 28 heavy (non-hydrogen) atoms. The molecule has 0 aliphatic heterocycles. The highest BCUT2D eigenvalue weighted by atomic mass is 16.6. The van der Waals surface area contributed by atoms with Gasteiger partial charge in [-0.3, -0.25) is 14.4 Å². The number of esters is 2. The van der Waals surface area contributed by atoms with E-state index in [0.29, 0.717) is 36.4 Å². The highest BCUT2D eigenvalue weighted by Gasteiger charge is 2.61. The van der Waals surface area contributed by atoms with Crippen molar-refractivity contribution in [3.05, 3.63) is 11.6 Å². The van der Waals surface area contributed by atoms with E-state index in [9.17, 15) is 14.4 Å². The van der Waals surface area contributed by atoms with Crippen LogP contribution < -0.4 is 0 Å². The van der Waals surface area contributed by atoms with Gasteiger partial charge in [-0.1, -0.05) is 25.5 Å². The molecule has 4 aliphatic carbocycles. The molecule has 0 aromatic rings. The van der Waals surface area contributed by atoms with E-state index >= 15 is 0 Å². The van der Waals surface area contributed by atoms with Crippen molar-refractivity contribution in [2.45, 2.75) is 84.8 Å². The van der Waals surface area contributed by atoms with Crippen LogP contribution in [0.25, 0.3) is 0 Å². The number of ether oxygens (including phenoxy) is 2. The minimum atomic E-state index is -0.289. The minimum Gasteiger partial charge on any atom is -0.462 e. The summed E-state index contributed by atoms with van der Waals surface area (Å²) in [4.78, 5) is 36.0. The molecule has 0 spiro atoms. The third-order valence-corrected chi connectivity index (χ3v) is 8.48. The molecule has 0 aromatic carbocycles. The summed E-state index contributed by atoms with van der Waals surface area (Å²) in [7, 11) is 0. The lowest BCUT2D eigenvalue weighted by Gasteiger charge is -2.58. The molecule has 5 heteroatoms. The highest BCUT2D eigenvalue weighted by molar-refractivity contribution is 5.87. The molecule has 0 amide bonds. The summed E-state index contributed by atoms with van der Waals surface area (Å²) in [6.45, 7) is 7.30. The fourth-order valence-electron chi connectivity index (χ4n) is 7.12. The zero-order valence-electron chi connectivity index (χ0n) is 17.5. The van der Waals surface area contributed by atoms with Crippen molar-refractivity contribution in [1.82, 2.24) is 0 Å². The Labute approximate surface area is 167 Å². The Bertz CT molecular complexity index is 739. The molecule has 0 saturated heterocycles. The quantitative estimate of drug-likeness (QED) is 0.528. The van der Waals surface area contributed by atoms with E-state index in [2.05, 4.69) is 19.9 Å². The van der Waals surface area contributed by atoms with Crippen molar-refractivity contribution < 1.29 is 23.9 Å². The van der Waals surface area contributed by atoms with Crippen LogP contribution in [0.1, 0.15) is 72.6 Å². The van der Waals surface area contributed by atoms with Crippen molar-refractivity contribution >= 4 is 17.7 Å². The monoisotopic (exact) mass is 388 g/mol. The molecular weight excluding hydrogens is 356 g/mol. The molecule has 0 bridgehead atoms. The summed E-state index contributed by atoms with van der Waals surface area (Å²) in [6.07, 6.45) is 7.65. The Morgan fingerprint density at radius 1 is 1.07 bits per heavy atom. The van der Waals surface area contributed by atoms with Crippen molar-refractivity contribution in [2.75, 3.05) is 0 Å². The topological polar surface area (TPSA) is 69.7 Å². The van der Waals surface area contributed by atoms with Crippen LogP contribution >= 0.6 is 0 Å². The number of ketones is 1. The van der Waals surface area contributed by atoms with Crippen molar-refractivity contribution in [1.29, 1.82) is 0 Å². The van der Waals surface area contributed by atoms with E-state index in [1.165, 1.54) is 19.4 Å². The SMILES string of the molecule is CC(=O)O[C@@H]1CC2=CC[C@@H]3[C@H](CC[C@]4(C)C(=O)CC[C@@H]34)[C@@]2(C)[C@@H](OC(C)=O)C1. The van der Waals surface area contributed by atoms with Crippen LogP contribution in [0.3, 0.4) is 0 Å². The maximum atomic E-state index is 12.6. The minimum absolute atomic E-state index is 0.172. The van der Waals surface area contributed by atoms with Crippen molar-refractivity contribution in [3.8, 4) is 0 Å². The molecule has 154 valence electrons. The van der Waals surface area contributed by atoms with Crippen LogP contribution in [0.5, 0.6) is 0 Å². The molecule has 7 atom stereocenters. The molecule has 3 saturated carbocycles. The van der Waals surface area contributed by atoms with Gasteiger partial charge in [0.25, 0.3) is 0 Å². The first-order valence-corrected chi connectivity index (χ1v) is 10.7. The predicted molar refractivity (Wildman–Crippen MR) is 103 cm³/mol. The fraction of sp³-hybridized carbons (Fsp3) is 0.783. The highest BCUT2D eigenvalue weighted by Crippen LogP contribution is 2.64. The first-order chi connectivity index (χ1) is 13.2. The first kappa shape index (κ1) is 19.7. The molecular formula is C23H32O5. The third-order valence-electron chi connectivity index (χ3n) is 8.48. The summed E-state index contributed by atoms with van der Waals surface area (Å²) in [5.74, 6) is 1.15. The molecule has 0 heterocycles. The second-order valence-corrected chi connectivity index (χ2v) is 9.81. The number of hydrogen-bond acceptors (Lipinski definition) is 5. The van der Waals surface area contributed by atoms with Crippen LogP contribution in [-0.4, -0.2) is 29.9 Å². The van der Waals surface area contributed by atoms with E-state index in [1.807, 2.05) is 0 Å².